The van der Waals surface area contributed by atoms with Crippen LogP contribution in [0.25, 0.3) is 0 Å². The summed E-state index contributed by atoms with van der Waals surface area (Å²) in [7, 11) is 0. The molecule has 0 saturated heterocycles. The van der Waals surface area contributed by atoms with Gasteiger partial charge in [0.1, 0.15) is 18.0 Å². The second kappa shape index (κ2) is 7.06. The lowest BCUT2D eigenvalue weighted by molar-refractivity contribution is 0.298. The highest BCUT2D eigenvalue weighted by molar-refractivity contribution is 5.48. The fraction of sp³-hybridized carbons (Fsp3) is 0.667. The predicted octanol–water partition coefficient (Wildman–Crippen LogP) is 1.51. The number of hydrogen-bond acceptors (Lipinski definition) is 5. The topological polar surface area (TPSA) is 61.3 Å². The lowest BCUT2D eigenvalue weighted by Gasteiger charge is -2.27. The van der Waals surface area contributed by atoms with Gasteiger partial charge < -0.3 is 15.3 Å². The molecule has 0 saturated carbocycles. The Morgan fingerprint density at radius 3 is 2.76 bits per heavy atom. The van der Waals surface area contributed by atoms with Gasteiger partial charge in [-0.25, -0.2) is 9.97 Å². The Bertz CT molecular complexity index is 330. The summed E-state index contributed by atoms with van der Waals surface area (Å²) in [5.41, 5.74) is 0. The second-order valence-corrected chi connectivity index (χ2v) is 4.20. The monoisotopic (exact) mass is 238 g/mol. The highest BCUT2D eigenvalue weighted by atomic mass is 16.3. The van der Waals surface area contributed by atoms with Crippen molar-refractivity contribution >= 4 is 11.6 Å². The van der Waals surface area contributed by atoms with Crippen molar-refractivity contribution in [2.45, 2.75) is 33.2 Å². The molecule has 0 spiro atoms. The van der Waals surface area contributed by atoms with E-state index in [1.807, 2.05) is 6.07 Å². The van der Waals surface area contributed by atoms with Crippen LogP contribution in [0.1, 0.15) is 27.2 Å². The minimum Gasteiger partial charge on any atom is -0.395 e. The molecular formula is C12H22N4O. The summed E-state index contributed by atoms with van der Waals surface area (Å²) in [6.45, 7) is 7.88. The van der Waals surface area contributed by atoms with E-state index < -0.39 is 0 Å². The maximum atomic E-state index is 9.06. The van der Waals surface area contributed by atoms with Crippen LogP contribution in [-0.4, -0.2) is 40.8 Å². The van der Waals surface area contributed by atoms with Crippen molar-refractivity contribution in [2.24, 2.45) is 0 Å². The highest BCUT2D eigenvalue weighted by Gasteiger charge is 2.11. The average molecular weight is 238 g/mol. The molecule has 0 unspecified atom stereocenters. The Hall–Kier alpha value is -1.36. The number of hydrogen-bond donors (Lipinski definition) is 2. The Kier molecular flexibility index (Phi) is 5.69. The summed E-state index contributed by atoms with van der Waals surface area (Å²) < 4.78 is 0. The standard InChI is InChI=1S/C12H22N4O/c1-4-5-13-11-8-12(15-9-14-11)16(6-7-17)10(2)3/h8-10,17H,4-7H2,1-3H3,(H,13,14,15). The lowest BCUT2D eigenvalue weighted by Crippen LogP contribution is -2.34. The maximum absolute atomic E-state index is 9.06. The Balaban J connectivity index is 2.80. The van der Waals surface area contributed by atoms with E-state index in [2.05, 4.69) is 41.0 Å². The molecule has 0 amide bonds. The first-order valence-electron chi connectivity index (χ1n) is 6.12. The van der Waals surface area contributed by atoms with Crippen molar-refractivity contribution in [2.75, 3.05) is 29.9 Å². The zero-order valence-electron chi connectivity index (χ0n) is 10.8. The molecular weight excluding hydrogens is 216 g/mol. The lowest BCUT2D eigenvalue weighted by atomic mass is 10.3. The van der Waals surface area contributed by atoms with Gasteiger partial charge in [-0.2, -0.15) is 0 Å². The molecule has 0 atom stereocenters. The van der Waals surface area contributed by atoms with Crippen molar-refractivity contribution in [1.82, 2.24) is 9.97 Å². The van der Waals surface area contributed by atoms with Crippen LogP contribution in [-0.2, 0) is 0 Å². The molecule has 1 heterocycles. The molecule has 96 valence electrons. The first-order valence-corrected chi connectivity index (χ1v) is 6.12. The van der Waals surface area contributed by atoms with Gasteiger partial charge in [0.05, 0.1) is 6.61 Å². The molecule has 0 aliphatic rings. The number of aliphatic hydroxyl groups is 1. The third kappa shape index (κ3) is 4.19. The van der Waals surface area contributed by atoms with Crippen LogP contribution < -0.4 is 10.2 Å². The van der Waals surface area contributed by atoms with Gasteiger partial charge >= 0.3 is 0 Å². The molecule has 0 aromatic carbocycles. The van der Waals surface area contributed by atoms with E-state index in [9.17, 15) is 0 Å². The smallest absolute Gasteiger partial charge is 0.134 e. The van der Waals surface area contributed by atoms with Crippen molar-refractivity contribution in [3.05, 3.63) is 12.4 Å². The molecule has 0 fully saturated rings. The van der Waals surface area contributed by atoms with Crippen LogP contribution in [0.15, 0.2) is 12.4 Å². The Morgan fingerprint density at radius 1 is 1.41 bits per heavy atom. The van der Waals surface area contributed by atoms with Crippen LogP contribution in [0.5, 0.6) is 0 Å². The second-order valence-electron chi connectivity index (χ2n) is 4.20. The largest absolute Gasteiger partial charge is 0.395 e. The molecule has 1 rings (SSSR count). The predicted molar refractivity (Wildman–Crippen MR) is 70.4 cm³/mol. The van der Waals surface area contributed by atoms with Crippen LogP contribution >= 0.6 is 0 Å². The molecule has 0 radical (unpaired) electrons. The molecule has 1 aromatic rings. The minimum atomic E-state index is 0.125. The van der Waals surface area contributed by atoms with Crippen LogP contribution in [0, 0.1) is 0 Å². The molecule has 1 aromatic heterocycles. The van der Waals surface area contributed by atoms with E-state index in [4.69, 9.17) is 5.11 Å². The Labute approximate surface area is 103 Å². The van der Waals surface area contributed by atoms with Crippen LogP contribution in [0.2, 0.25) is 0 Å². The van der Waals surface area contributed by atoms with E-state index in [0.29, 0.717) is 12.6 Å². The summed E-state index contributed by atoms with van der Waals surface area (Å²) in [6.07, 6.45) is 2.62. The quantitative estimate of drug-likeness (QED) is 0.754. The van der Waals surface area contributed by atoms with Gasteiger partial charge in [0, 0.05) is 25.2 Å². The molecule has 2 N–H and O–H groups in total. The van der Waals surface area contributed by atoms with Gasteiger partial charge in [-0.15, -0.1) is 0 Å². The fourth-order valence-electron chi connectivity index (χ4n) is 1.60. The van der Waals surface area contributed by atoms with Gasteiger partial charge in [0.2, 0.25) is 0 Å². The number of nitrogens with zero attached hydrogens (tertiary/aromatic N) is 3. The third-order valence-electron chi connectivity index (χ3n) is 2.47. The zero-order valence-corrected chi connectivity index (χ0v) is 10.8. The van der Waals surface area contributed by atoms with Gasteiger partial charge in [0.25, 0.3) is 0 Å². The van der Waals surface area contributed by atoms with E-state index in [1.54, 1.807) is 6.33 Å². The summed E-state index contributed by atoms with van der Waals surface area (Å²) >= 11 is 0. The van der Waals surface area contributed by atoms with Crippen molar-refractivity contribution < 1.29 is 5.11 Å². The van der Waals surface area contributed by atoms with Gasteiger partial charge in [0.15, 0.2) is 0 Å². The average Bonchev–Trinajstić information content (AvgIpc) is 2.33. The zero-order chi connectivity index (χ0) is 12.7. The van der Waals surface area contributed by atoms with E-state index in [0.717, 1.165) is 24.6 Å². The molecule has 0 bridgehead atoms. The molecule has 17 heavy (non-hydrogen) atoms. The summed E-state index contributed by atoms with van der Waals surface area (Å²) in [6, 6.07) is 2.22. The fourth-order valence-corrected chi connectivity index (χ4v) is 1.60. The van der Waals surface area contributed by atoms with Crippen LogP contribution in [0.4, 0.5) is 11.6 Å². The van der Waals surface area contributed by atoms with Crippen molar-refractivity contribution in [3.8, 4) is 0 Å². The molecule has 5 heteroatoms. The third-order valence-corrected chi connectivity index (χ3v) is 2.47. The Morgan fingerprint density at radius 2 is 2.18 bits per heavy atom. The first kappa shape index (κ1) is 13.7. The SMILES string of the molecule is CCCNc1cc(N(CCO)C(C)C)ncn1. The van der Waals surface area contributed by atoms with Crippen molar-refractivity contribution in [3.63, 3.8) is 0 Å². The number of anilines is 2. The van der Waals surface area contributed by atoms with Crippen LogP contribution in [0.3, 0.4) is 0 Å². The van der Waals surface area contributed by atoms with Gasteiger partial charge in [-0.05, 0) is 20.3 Å². The normalized spacial score (nSPS) is 10.6. The number of aliphatic hydroxyl groups excluding tert-OH is 1. The summed E-state index contributed by atoms with van der Waals surface area (Å²) in [5, 5.41) is 12.3. The maximum Gasteiger partial charge on any atom is 0.134 e. The van der Waals surface area contributed by atoms with Gasteiger partial charge in [-0.3, -0.25) is 0 Å². The highest BCUT2D eigenvalue weighted by Crippen LogP contribution is 2.16. The van der Waals surface area contributed by atoms with Crippen molar-refractivity contribution in [1.29, 1.82) is 0 Å². The van der Waals surface area contributed by atoms with E-state index in [-0.39, 0.29) is 6.61 Å². The number of aromatic nitrogens is 2. The van der Waals surface area contributed by atoms with E-state index >= 15 is 0 Å². The summed E-state index contributed by atoms with van der Waals surface area (Å²) in [5.74, 6) is 1.68. The molecule has 0 aliphatic carbocycles. The summed E-state index contributed by atoms with van der Waals surface area (Å²) in [4.78, 5) is 10.5. The number of rotatable bonds is 7. The van der Waals surface area contributed by atoms with Gasteiger partial charge in [-0.1, -0.05) is 6.92 Å². The molecule has 0 aliphatic heterocycles. The minimum absolute atomic E-state index is 0.125. The number of nitrogens with one attached hydrogen (secondary N) is 1. The first-order chi connectivity index (χ1) is 8.19. The van der Waals surface area contributed by atoms with E-state index in [1.165, 1.54) is 0 Å². The molecule has 5 nitrogen and oxygen atoms in total.